The van der Waals surface area contributed by atoms with Crippen LogP contribution in [0.4, 0.5) is 0 Å². The zero-order chi connectivity index (χ0) is 25.7. The van der Waals surface area contributed by atoms with Crippen LogP contribution in [0.2, 0.25) is 0 Å². The second-order valence-corrected chi connectivity index (χ2v) is 7.97. The molecule has 0 aliphatic carbocycles. The zero-order valence-electron chi connectivity index (χ0n) is 17.7. The van der Waals surface area contributed by atoms with Crippen LogP contribution in [0.5, 0.6) is 0 Å². The summed E-state index contributed by atoms with van der Waals surface area (Å²) < 4.78 is 21.1. The van der Waals surface area contributed by atoms with Gasteiger partial charge >= 0.3 is 0 Å². The fraction of sp³-hybridized carbons (Fsp3) is 0.944. The van der Waals surface area contributed by atoms with Crippen LogP contribution < -0.4 is 0 Å². The van der Waals surface area contributed by atoms with E-state index in [1.54, 1.807) is 0 Å². The Balaban J connectivity index is 2.17. The Morgan fingerprint density at radius 1 is 0.765 bits per heavy atom. The van der Waals surface area contributed by atoms with Gasteiger partial charge in [0.25, 0.3) is 0 Å². The molecule has 0 radical (unpaired) electrons. The smallest absolute Gasteiger partial charge is 0.187 e. The lowest BCUT2D eigenvalue weighted by Gasteiger charge is -2.46. The summed E-state index contributed by atoms with van der Waals surface area (Å²) in [6, 6.07) is 0. The molecular weight excluding hydrogens is 472 g/mol. The van der Waals surface area contributed by atoms with E-state index in [-0.39, 0.29) is 6.29 Å². The van der Waals surface area contributed by atoms with Crippen LogP contribution in [-0.2, 0) is 23.7 Å². The molecule has 16 nitrogen and oxygen atoms in total. The molecule has 2 heterocycles. The Kier molecular flexibility index (Phi) is 11.1. The van der Waals surface area contributed by atoms with E-state index in [2.05, 4.69) is 0 Å². The summed E-state index contributed by atoms with van der Waals surface area (Å²) in [5, 5.41) is 108. The average molecular weight is 504 g/mol. The van der Waals surface area contributed by atoms with Gasteiger partial charge in [0, 0.05) is 0 Å². The van der Waals surface area contributed by atoms with Gasteiger partial charge < -0.3 is 79.9 Å². The topological polar surface area (TPSA) is 277 Å². The van der Waals surface area contributed by atoms with Gasteiger partial charge in [-0.05, 0) is 0 Å². The number of carbonyl (C=O) groups excluding carboxylic acids is 1. The van der Waals surface area contributed by atoms with Crippen LogP contribution in [-0.4, -0.2) is 168 Å². The van der Waals surface area contributed by atoms with Crippen molar-refractivity contribution >= 4 is 6.29 Å². The highest BCUT2D eigenvalue weighted by Crippen LogP contribution is 2.30. The van der Waals surface area contributed by atoms with Crippen LogP contribution in [0.1, 0.15) is 0 Å². The maximum Gasteiger partial charge on any atom is 0.187 e. The Hall–Kier alpha value is -0.930. The Labute approximate surface area is 192 Å². The van der Waals surface area contributed by atoms with Crippen molar-refractivity contribution in [1.29, 1.82) is 0 Å². The second kappa shape index (κ2) is 12.9. The molecule has 0 amide bonds. The number of ether oxygens (including phenoxy) is 4. The number of rotatable bonds is 11. The number of carbonyl (C=O) groups is 1. The monoisotopic (exact) mass is 504 g/mol. The second-order valence-electron chi connectivity index (χ2n) is 7.97. The summed E-state index contributed by atoms with van der Waals surface area (Å²) in [5.74, 6) is 0. The molecule has 14 atom stereocenters. The number of aliphatic hydroxyl groups excluding tert-OH is 11. The van der Waals surface area contributed by atoms with E-state index in [0.29, 0.717) is 0 Å². The minimum atomic E-state index is -2.08. The van der Waals surface area contributed by atoms with Gasteiger partial charge in [0.1, 0.15) is 73.2 Å². The largest absolute Gasteiger partial charge is 0.394 e. The number of hydrogen-bond donors (Lipinski definition) is 11. The van der Waals surface area contributed by atoms with Crippen LogP contribution >= 0.6 is 0 Å². The molecule has 0 spiro atoms. The summed E-state index contributed by atoms with van der Waals surface area (Å²) in [5.41, 5.74) is 0. The predicted octanol–water partition coefficient (Wildman–Crippen LogP) is -7.73. The van der Waals surface area contributed by atoms with E-state index in [1.807, 2.05) is 0 Å². The SMILES string of the molecule is O=C[C@H](O)[C@@H](O)[C@@H](O[C@@H]1O[C@H](CO)[C@H](O[C@@H]2O[C@H](CO)[C@H](O)[C@H](O)[C@H]2O)[C@H](O)[C@H]1O)[C@H](O)CO. The first-order valence-corrected chi connectivity index (χ1v) is 10.4. The van der Waals surface area contributed by atoms with Gasteiger partial charge in [-0.2, -0.15) is 0 Å². The molecule has 2 rings (SSSR count). The standard InChI is InChI=1S/C18H32O16/c19-1-5(23)9(25)15(6(24)2-20)33-18-14(30)12(28)16(8(4-22)32-18)34-17-13(29)11(27)10(26)7(3-21)31-17/h1,5-18,20-30H,2-4H2/t5-,6+,7+,8+,9+,10-,11-,12+,13+,14+,15-,16-,17-,18-/m0/s1. The Bertz CT molecular complexity index is 621. The molecule has 200 valence electrons. The fourth-order valence-electron chi connectivity index (χ4n) is 3.60. The molecule has 0 aromatic heterocycles. The first-order valence-electron chi connectivity index (χ1n) is 10.4. The summed E-state index contributed by atoms with van der Waals surface area (Å²) >= 11 is 0. The van der Waals surface area contributed by atoms with Crippen LogP contribution in [0, 0.1) is 0 Å². The number of aldehydes is 1. The summed E-state index contributed by atoms with van der Waals surface area (Å²) in [4.78, 5) is 10.8. The van der Waals surface area contributed by atoms with E-state index in [9.17, 15) is 55.9 Å². The van der Waals surface area contributed by atoms with Crippen molar-refractivity contribution < 1.29 is 79.9 Å². The molecular formula is C18H32O16. The van der Waals surface area contributed by atoms with Crippen LogP contribution in [0.15, 0.2) is 0 Å². The van der Waals surface area contributed by atoms with Gasteiger partial charge in [0.15, 0.2) is 18.9 Å². The minimum Gasteiger partial charge on any atom is -0.394 e. The molecule has 0 aromatic carbocycles. The van der Waals surface area contributed by atoms with Crippen molar-refractivity contribution in [2.45, 2.75) is 85.8 Å². The first kappa shape index (κ1) is 29.3. The zero-order valence-corrected chi connectivity index (χ0v) is 17.7. The van der Waals surface area contributed by atoms with E-state index >= 15 is 0 Å². The normalized spacial score (nSPS) is 42.6. The molecule has 2 aliphatic rings. The third kappa shape index (κ3) is 6.25. The highest BCUT2D eigenvalue weighted by molar-refractivity contribution is 5.56. The molecule has 0 saturated carbocycles. The number of aliphatic hydroxyl groups is 11. The molecule has 0 unspecified atom stereocenters. The maximum absolute atomic E-state index is 10.8. The Morgan fingerprint density at radius 2 is 1.32 bits per heavy atom. The van der Waals surface area contributed by atoms with Gasteiger partial charge in [0.05, 0.1) is 19.8 Å². The van der Waals surface area contributed by atoms with Crippen molar-refractivity contribution in [1.82, 2.24) is 0 Å². The van der Waals surface area contributed by atoms with E-state index < -0.39 is 106 Å². The summed E-state index contributed by atoms with van der Waals surface area (Å²) in [6.07, 6.45) is -25.4. The molecule has 2 fully saturated rings. The number of hydrogen-bond acceptors (Lipinski definition) is 16. The molecule has 16 heteroatoms. The quantitative estimate of drug-likeness (QED) is 0.117. The molecule has 34 heavy (non-hydrogen) atoms. The van der Waals surface area contributed by atoms with Gasteiger partial charge in [0.2, 0.25) is 0 Å². The third-order valence-electron chi connectivity index (χ3n) is 5.64. The predicted molar refractivity (Wildman–Crippen MR) is 102 cm³/mol. The van der Waals surface area contributed by atoms with Crippen molar-refractivity contribution in [3.05, 3.63) is 0 Å². The highest BCUT2D eigenvalue weighted by atomic mass is 16.7. The van der Waals surface area contributed by atoms with Gasteiger partial charge in [-0.25, -0.2) is 0 Å². The lowest BCUT2D eigenvalue weighted by Crippen LogP contribution is -2.65. The maximum atomic E-state index is 10.8. The van der Waals surface area contributed by atoms with Crippen molar-refractivity contribution in [2.24, 2.45) is 0 Å². The summed E-state index contributed by atoms with van der Waals surface area (Å²) in [7, 11) is 0. The van der Waals surface area contributed by atoms with Crippen LogP contribution in [0.3, 0.4) is 0 Å². The van der Waals surface area contributed by atoms with Crippen molar-refractivity contribution in [2.75, 3.05) is 19.8 Å². The molecule has 2 saturated heterocycles. The highest BCUT2D eigenvalue weighted by Gasteiger charge is 2.51. The van der Waals surface area contributed by atoms with Crippen molar-refractivity contribution in [3.8, 4) is 0 Å². The van der Waals surface area contributed by atoms with Gasteiger partial charge in [-0.1, -0.05) is 0 Å². The molecule has 0 bridgehead atoms. The van der Waals surface area contributed by atoms with E-state index in [1.165, 1.54) is 0 Å². The van der Waals surface area contributed by atoms with Crippen LogP contribution in [0.25, 0.3) is 0 Å². The fourth-order valence-corrected chi connectivity index (χ4v) is 3.60. The van der Waals surface area contributed by atoms with E-state index in [0.717, 1.165) is 0 Å². The molecule has 11 N–H and O–H groups in total. The van der Waals surface area contributed by atoms with Gasteiger partial charge in [-0.15, -0.1) is 0 Å². The summed E-state index contributed by atoms with van der Waals surface area (Å²) in [6.45, 7) is -2.64. The van der Waals surface area contributed by atoms with Crippen molar-refractivity contribution in [3.63, 3.8) is 0 Å². The lowest BCUT2D eigenvalue weighted by molar-refractivity contribution is -0.367. The lowest BCUT2D eigenvalue weighted by atomic mass is 9.96. The molecule has 0 aromatic rings. The molecule has 2 aliphatic heterocycles. The van der Waals surface area contributed by atoms with E-state index in [4.69, 9.17) is 24.1 Å². The Morgan fingerprint density at radius 3 is 1.85 bits per heavy atom. The average Bonchev–Trinajstić information content (AvgIpc) is 2.84. The first-order chi connectivity index (χ1) is 16.0. The van der Waals surface area contributed by atoms with Gasteiger partial charge in [-0.3, -0.25) is 0 Å². The third-order valence-corrected chi connectivity index (χ3v) is 5.64. The minimum absolute atomic E-state index is 0.0704.